The first-order chi connectivity index (χ1) is 12.7. The number of pyridine rings is 1. The summed E-state index contributed by atoms with van der Waals surface area (Å²) in [6.07, 6.45) is 6.66. The molecule has 3 rings (SSSR count). The lowest BCUT2D eigenvalue weighted by molar-refractivity contribution is 0.297. The van der Waals surface area contributed by atoms with Gasteiger partial charge >= 0.3 is 0 Å². The summed E-state index contributed by atoms with van der Waals surface area (Å²) >= 11 is 0. The van der Waals surface area contributed by atoms with Crippen LogP contribution in [0.25, 0.3) is 0 Å². The summed E-state index contributed by atoms with van der Waals surface area (Å²) in [4.78, 5) is 4.31. The third-order valence-corrected chi connectivity index (χ3v) is 4.24. The van der Waals surface area contributed by atoms with Crippen molar-refractivity contribution in [3.05, 3.63) is 77.4 Å². The van der Waals surface area contributed by atoms with Gasteiger partial charge in [0, 0.05) is 31.7 Å². The first kappa shape index (κ1) is 18.1. The summed E-state index contributed by atoms with van der Waals surface area (Å²) in [5, 5.41) is 7.72. The van der Waals surface area contributed by atoms with Gasteiger partial charge in [-0.05, 0) is 61.7 Å². The maximum atomic E-state index is 6.00. The Morgan fingerprint density at radius 2 is 1.92 bits per heavy atom. The molecular weight excluding hydrogens is 324 g/mol. The van der Waals surface area contributed by atoms with E-state index in [9.17, 15) is 0 Å². The second-order valence-corrected chi connectivity index (χ2v) is 6.47. The van der Waals surface area contributed by atoms with Crippen molar-refractivity contribution in [2.24, 2.45) is 0 Å². The fraction of sp³-hybridized carbons (Fsp3) is 0.333. The Kier molecular flexibility index (Phi) is 6.39. The normalized spacial score (nSPS) is 10.8. The van der Waals surface area contributed by atoms with E-state index in [-0.39, 0.29) is 0 Å². The van der Waals surface area contributed by atoms with Gasteiger partial charge in [-0.25, -0.2) is 0 Å². The zero-order valence-corrected chi connectivity index (χ0v) is 15.5. The average molecular weight is 350 g/mol. The molecule has 2 aromatic heterocycles. The topological polar surface area (TPSA) is 52.0 Å². The fourth-order valence-corrected chi connectivity index (χ4v) is 3.03. The Bertz CT molecular complexity index is 777. The van der Waals surface area contributed by atoms with Gasteiger partial charge in [0.05, 0.1) is 5.69 Å². The summed E-state index contributed by atoms with van der Waals surface area (Å²) in [6.45, 7) is 7.47. The van der Waals surface area contributed by atoms with E-state index in [0.29, 0.717) is 6.61 Å². The number of hydrogen-bond donors (Lipinski definition) is 1. The summed E-state index contributed by atoms with van der Waals surface area (Å²) in [6, 6.07) is 12.2. The Balaban J connectivity index is 1.48. The molecule has 0 fully saturated rings. The quantitative estimate of drug-likeness (QED) is 0.599. The summed E-state index contributed by atoms with van der Waals surface area (Å²) in [5.74, 6) is 0.957. The van der Waals surface area contributed by atoms with Gasteiger partial charge in [-0.3, -0.25) is 9.67 Å². The highest BCUT2D eigenvalue weighted by molar-refractivity contribution is 5.43. The zero-order valence-electron chi connectivity index (χ0n) is 15.5. The second-order valence-electron chi connectivity index (χ2n) is 6.47. The summed E-state index contributed by atoms with van der Waals surface area (Å²) in [5.41, 5.74) is 4.54. The van der Waals surface area contributed by atoms with Crippen molar-refractivity contribution >= 4 is 0 Å². The van der Waals surface area contributed by atoms with Gasteiger partial charge in [-0.15, -0.1) is 0 Å². The number of nitrogens with zero attached hydrogens (tertiary/aromatic N) is 3. The predicted molar refractivity (Wildman–Crippen MR) is 103 cm³/mol. The van der Waals surface area contributed by atoms with Crippen LogP contribution in [0.5, 0.6) is 5.75 Å². The van der Waals surface area contributed by atoms with E-state index >= 15 is 0 Å². The van der Waals surface area contributed by atoms with Crippen LogP contribution < -0.4 is 10.1 Å². The van der Waals surface area contributed by atoms with Crippen molar-refractivity contribution in [3.8, 4) is 5.75 Å². The lowest BCUT2D eigenvalue weighted by atomic mass is 10.1. The highest BCUT2D eigenvalue weighted by Crippen LogP contribution is 2.25. The minimum absolute atomic E-state index is 0.494. The molecule has 0 aliphatic carbocycles. The first-order valence-electron chi connectivity index (χ1n) is 9.03. The molecule has 26 heavy (non-hydrogen) atoms. The number of benzene rings is 1. The molecule has 0 atom stereocenters. The molecule has 3 aromatic rings. The molecule has 0 aliphatic rings. The van der Waals surface area contributed by atoms with E-state index in [0.717, 1.165) is 48.6 Å². The van der Waals surface area contributed by atoms with Crippen LogP contribution >= 0.6 is 0 Å². The van der Waals surface area contributed by atoms with Crippen molar-refractivity contribution in [1.82, 2.24) is 20.1 Å². The lowest BCUT2D eigenvalue weighted by Crippen LogP contribution is -2.17. The van der Waals surface area contributed by atoms with Crippen molar-refractivity contribution < 1.29 is 4.74 Å². The van der Waals surface area contributed by atoms with E-state index < -0.39 is 0 Å². The first-order valence-corrected chi connectivity index (χ1v) is 9.03. The molecule has 0 bridgehead atoms. The van der Waals surface area contributed by atoms with Crippen LogP contribution in [0.3, 0.4) is 0 Å². The molecular formula is C21H26N4O. The van der Waals surface area contributed by atoms with Gasteiger partial charge in [-0.2, -0.15) is 5.10 Å². The average Bonchev–Trinajstić information content (AvgIpc) is 3.15. The number of hydrogen-bond acceptors (Lipinski definition) is 4. The zero-order chi connectivity index (χ0) is 18.2. The van der Waals surface area contributed by atoms with Gasteiger partial charge in [0.25, 0.3) is 0 Å². The SMILES string of the molecule is Cc1cc(CNCCCn2cccn2)cc(C)c1OCc1ccccn1. The third kappa shape index (κ3) is 5.17. The largest absolute Gasteiger partial charge is 0.487 e. The molecule has 0 aliphatic heterocycles. The van der Waals surface area contributed by atoms with Gasteiger partial charge in [-0.1, -0.05) is 18.2 Å². The maximum absolute atomic E-state index is 6.00. The minimum Gasteiger partial charge on any atom is -0.487 e. The van der Waals surface area contributed by atoms with Crippen LogP contribution in [0.4, 0.5) is 0 Å². The maximum Gasteiger partial charge on any atom is 0.130 e. The Hall–Kier alpha value is -2.66. The van der Waals surface area contributed by atoms with Crippen LogP contribution in [-0.2, 0) is 19.7 Å². The van der Waals surface area contributed by atoms with Gasteiger partial charge < -0.3 is 10.1 Å². The van der Waals surface area contributed by atoms with Crippen molar-refractivity contribution in [2.45, 2.75) is 40.0 Å². The van der Waals surface area contributed by atoms with E-state index in [1.165, 1.54) is 5.56 Å². The smallest absolute Gasteiger partial charge is 0.130 e. The molecule has 2 heterocycles. The monoisotopic (exact) mass is 350 g/mol. The van der Waals surface area contributed by atoms with Crippen LogP contribution in [0.2, 0.25) is 0 Å². The molecule has 0 amide bonds. The van der Waals surface area contributed by atoms with Crippen molar-refractivity contribution in [3.63, 3.8) is 0 Å². The third-order valence-electron chi connectivity index (χ3n) is 4.24. The summed E-state index contributed by atoms with van der Waals surface area (Å²) in [7, 11) is 0. The Morgan fingerprint density at radius 1 is 1.08 bits per heavy atom. The van der Waals surface area contributed by atoms with Gasteiger partial charge in [0.1, 0.15) is 12.4 Å². The van der Waals surface area contributed by atoms with Gasteiger partial charge in [0.2, 0.25) is 0 Å². The number of ether oxygens (including phenoxy) is 1. The molecule has 1 aromatic carbocycles. The molecule has 1 N–H and O–H groups in total. The molecule has 136 valence electrons. The van der Waals surface area contributed by atoms with Crippen LogP contribution in [-0.4, -0.2) is 21.3 Å². The predicted octanol–water partition coefficient (Wildman–Crippen LogP) is 3.65. The molecule has 5 heteroatoms. The van der Waals surface area contributed by atoms with E-state index in [2.05, 4.69) is 41.4 Å². The highest BCUT2D eigenvalue weighted by Gasteiger charge is 2.07. The van der Waals surface area contributed by atoms with Crippen molar-refractivity contribution in [2.75, 3.05) is 6.54 Å². The number of aromatic nitrogens is 3. The highest BCUT2D eigenvalue weighted by atomic mass is 16.5. The molecule has 0 unspecified atom stereocenters. The number of rotatable bonds is 9. The molecule has 5 nitrogen and oxygen atoms in total. The minimum atomic E-state index is 0.494. The number of aryl methyl sites for hydroxylation is 3. The molecule has 0 saturated heterocycles. The van der Waals surface area contributed by atoms with Crippen LogP contribution in [0.1, 0.15) is 28.8 Å². The fourth-order valence-electron chi connectivity index (χ4n) is 3.03. The van der Waals surface area contributed by atoms with Gasteiger partial charge in [0.15, 0.2) is 0 Å². The Labute approximate surface area is 155 Å². The lowest BCUT2D eigenvalue weighted by Gasteiger charge is -2.14. The van der Waals surface area contributed by atoms with Crippen LogP contribution in [0, 0.1) is 13.8 Å². The second kappa shape index (κ2) is 9.15. The van der Waals surface area contributed by atoms with E-state index in [1.54, 1.807) is 6.20 Å². The summed E-state index contributed by atoms with van der Waals surface area (Å²) < 4.78 is 7.96. The number of nitrogens with one attached hydrogen (secondary N) is 1. The van der Waals surface area contributed by atoms with E-state index in [4.69, 9.17) is 4.74 Å². The van der Waals surface area contributed by atoms with Crippen LogP contribution in [0.15, 0.2) is 55.0 Å². The molecule has 0 radical (unpaired) electrons. The Morgan fingerprint density at radius 3 is 2.62 bits per heavy atom. The van der Waals surface area contributed by atoms with Crippen molar-refractivity contribution in [1.29, 1.82) is 0 Å². The van der Waals surface area contributed by atoms with E-state index in [1.807, 2.05) is 41.3 Å². The standard InChI is InChI=1S/C21H26N4O/c1-17-13-19(15-22-8-5-11-25-12-6-10-24-25)14-18(2)21(17)26-16-20-7-3-4-9-23-20/h3-4,6-7,9-10,12-14,22H,5,8,11,15-16H2,1-2H3. The molecule has 0 spiro atoms. The molecule has 0 saturated carbocycles.